The van der Waals surface area contributed by atoms with Gasteiger partial charge in [-0.2, -0.15) is 0 Å². The zero-order valence-electron chi connectivity index (χ0n) is 7.75. The van der Waals surface area contributed by atoms with Crippen molar-refractivity contribution >= 4 is 5.91 Å². The Hall–Kier alpha value is -0.570. The summed E-state index contributed by atoms with van der Waals surface area (Å²) in [4.78, 5) is 13.6. The molecule has 0 radical (unpaired) electrons. The van der Waals surface area contributed by atoms with Gasteiger partial charge >= 0.3 is 0 Å². The number of carbonyl (C=O) groups excluding carboxylic acids is 1. The van der Waals surface area contributed by atoms with Crippen molar-refractivity contribution in [2.75, 3.05) is 19.6 Å². The third kappa shape index (κ3) is 2.21. The smallest absolute Gasteiger partial charge is 0.225 e. The van der Waals surface area contributed by atoms with Crippen LogP contribution in [0.2, 0.25) is 0 Å². The van der Waals surface area contributed by atoms with E-state index in [1.807, 2.05) is 11.8 Å². The summed E-state index contributed by atoms with van der Waals surface area (Å²) in [5.41, 5.74) is 5.40. The fraction of sp³-hybridized carbons (Fsp3) is 0.889. The lowest BCUT2D eigenvalue weighted by atomic mass is 10.1. The Morgan fingerprint density at radius 2 is 2.08 bits per heavy atom. The second-order valence-corrected chi connectivity index (χ2v) is 3.51. The average molecular weight is 170 g/mol. The zero-order chi connectivity index (χ0) is 8.97. The first kappa shape index (κ1) is 9.52. The molecule has 3 nitrogen and oxygen atoms in total. The van der Waals surface area contributed by atoms with Crippen LogP contribution in [0.5, 0.6) is 0 Å². The van der Waals surface area contributed by atoms with Crippen LogP contribution in [-0.2, 0) is 4.79 Å². The molecule has 1 unspecified atom stereocenters. The summed E-state index contributed by atoms with van der Waals surface area (Å²) in [6.45, 7) is 4.48. The van der Waals surface area contributed by atoms with Crippen LogP contribution < -0.4 is 5.73 Å². The molecule has 1 rings (SSSR count). The van der Waals surface area contributed by atoms with Gasteiger partial charge in [0.15, 0.2) is 0 Å². The highest BCUT2D eigenvalue weighted by molar-refractivity contribution is 5.78. The molecule has 1 aliphatic heterocycles. The van der Waals surface area contributed by atoms with Crippen molar-refractivity contribution in [2.45, 2.75) is 26.2 Å². The van der Waals surface area contributed by atoms with Crippen molar-refractivity contribution in [3.8, 4) is 0 Å². The molecule has 0 aromatic heterocycles. The van der Waals surface area contributed by atoms with E-state index in [2.05, 4.69) is 0 Å². The zero-order valence-corrected chi connectivity index (χ0v) is 7.75. The fourth-order valence-corrected chi connectivity index (χ4v) is 1.62. The van der Waals surface area contributed by atoms with Gasteiger partial charge < -0.3 is 10.6 Å². The van der Waals surface area contributed by atoms with E-state index in [0.29, 0.717) is 6.54 Å². The van der Waals surface area contributed by atoms with Gasteiger partial charge in [0.1, 0.15) is 0 Å². The highest BCUT2D eigenvalue weighted by Gasteiger charge is 2.22. The summed E-state index contributed by atoms with van der Waals surface area (Å²) < 4.78 is 0. The third-order valence-electron chi connectivity index (χ3n) is 2.44. The highest BCUT2D eigenvalue weighted by Crippen LogP contribution is 2.13. The van der Waals surface area contributed by atoms with Crippen molar-refractivity contribution < 1.29 is 4.79 Å². The molecular weight excluding hydrogens is 152 g/mol. The van der Waals surface area contributed by atoms with E-state index in [1.54, 1.807) is 0 Å². The first-order valence-corrected chi connectivity index (χ1v) is 4.74. The van der Waals surface area contributed by atoms with Gasteiger partial charge in [-0.1, -0.05) is 6.92 Å². The molecule has 3 heteroatoms. The lowest BCUT2D eigenvalue weighted by Crippen LogP contribution is -2.33. The highest BCUT2D eigenvalue weighted by atomic mass is 16.2. The van der Waals surface area contributed by atoms with Gasteiger partial charge in [-0.15, -0.1) is 0 Å². The Labute approximate surface area is 73.9 Å². The van der Waals surface area contributed by atoms with Crippen molar-refractivity contribution in [3.63, 3.8) is 0 Å². The Morgan fingerprint density at radius 1 is 1.50 bits per heavy atom. The summed E-state index contributed by atoms with van der Waals surface area (Å²) in [7, 11) is 0. The molecule has 1 fully saturated rings. The van der Waals surface area contributed by atoms with Crippen LogP contribution >= 0.6 is 0 Å². The molecule has 2 N–H and O–H groups in total. The molecular formula is C9H18N2O. The maximum absolute atomic E-state index is 11.6. The van der Waals surface area contributed by atoms with E-state index in [1.165, 1.54) is 12.8 Å². The number of nitrogens with two attached hydrogens (primary N) is 1. The second kappa shape index (κ2) is 4.45. The molecule has 0 saturated carbocycles. The summed E-state index contributed by atoms with van der Waals surface area (Å²) in [6.07, 6.45) is 3.15. The van der Waals surface area contributed by atoms with E-state index in [4.69, 9.17) is 5.73 Å². The van der Waals surface area contributed by atoms with Gasteiger partial charge in [0.2, 0.25) is 5.91 Å². The predicted octanol–water partition coefficient (Wildman–Crippen LogP) is 0.594. The fourth-order valence-electron chi connectivity index (χ4n) is 1.62. The summed E-state index contributed by atoms with van der Waals surface area (Å²) in [5, 5.41) is 0. The number of nitrogens with zero attached hydrogens (tertiary/aromatic N) is 1. The van der Waals surface area contributed by atoms with Crippen molar-refractivity contribution in [3.05, 3.63) is 0 Å². The third-order valence-corrected chi connectivity index (χ3v) is 2.44. The first-order valence-electron chi connectivity index (χ1n) is 4.74. The number of carbonyl (C=O) groups is 1. The number of amides is 1. The van der Waals surface area contributed by atoms with Gasteiger partial charge in [0, 0.05) is 19.0 Å². The van der Waals surface area contributed by atoms with Gasteiger partial charge in [-0.05, 0) is 25.8 Å². The average Bonchev–Trinajstić information content (AvgIpc) is 2.55. The number of hydrogen-bond acceptors (Lipinski definition) is 2. The standard InChI is InChI=1S/C9H18N2O/c1-8(4-5-10)9(12)11-6-2-3-7-11/h8H,2-7,10H2,1H3. The van der Waals surface area contributed by atoms with Gasteiger partial charge in [0.05, 0.1) is 0 Å². The lowest BCUT2D eigenvalue weighted by molar-refractivity contribution is -0.134. The minimum Gasteiger partial charge on any atom is -0.342 e. The SMILES string of the molecule is CC(CCN)C(=O)N1CCCC1. The maximum Gasteiger partial charge on any atom is 0.225 e. The van der Waals surface area contributed by atoms with Crippen LogP contribution in [0.15, 0.2) is 0 Å². The molecule has 70 valence electrons. The van der Waals surface area contributed by atoms with E-state index in [9.17, 15) is 4.79 Å². The van der Waals surface area contributed by atoms with Crippen molar-refractivity contribution in [1.29, 1.82) is 0 Å². The first-order chi connectivity index (χ1) is 5.75. The molecule has 0 aliphatic carbocycles. The van der Waals surface area contributed by atoms with E-state index >= 15 is 0 Å². The Morgan fingerprint density at radius 3 is 2.58 bits per heavy atom. The molecule has 1 amide bonds. The van der Waals surface area contributed by atoms with Crippen LogP contribution in [0.3, 0.4) is 0 Å². The molecule has 0 spiro atoms. The quantitative estimate of drug-likeness (QED) is 0.674. The monoisotopic (exact) mass is 170 g/mol. The minimum atomic E-state index is 0.119. The summed E-state index contributed by atoms with van der Waals surface area (Å²) in [6, 6.07) is 0. The van der Waals surface area contributed by atoms with Crippen LogP contribution in [0, 0.1) is 5.92 Å². The normalized spacial score (nSPS) is 19.7. The molecule has 1 saturated heterocycles. The molecule has 12 heavy (non-hydrogen) atoms. The second-order valence-electron chi connectivity index (χ2n) is 3.51. The molecule has 0 bridgehead atoms. The molecule has 0 aromatic carbocycles. The largest absolute Gasteiger partial charge is 0.342 e. The van der Waals surface area contributed by atoms with Gasteiger partial charge in [0.25, 0.3) is 0 Å². The van der Waals surface area contributed by atoms with Crippen molar-refractivity contribution in [2.24, 2.45) is 11.7 Å². The topological polar surface area (TPSA) is 46.3 Å². The van der Waals surface area contributed by atoms with E-state index in [0.717, 1.165) is 19.5 Å². The van der Waals surface area contributed by atoms with Crippen LogP contribution in [0.1, 0.15) is 26.2 Å². The Balaban J connectivity index is 2.34. The number of hydrogen-bond donors (Lipinski definition) is 1. The van der Waals surface area contributed by atoms with Gasteiger partial charge in [-0.3, -0.25) is 4.79 Å². The number of likely N-dealkylation sites (tertiary alicyclic amines) is 1. The van der Waals surface area contributed by atoms with Crippen molar-refractivity contribution in [1.82, 2.24) is 4.90 Å². The lowest BCUT2D eigenvalue weighted by Gasteiger charge is -2.19. The molecule has 1 atom stereocenters. The maximum atomic E-state index is 11.6. The van der Waals surface area contributed by atoms with Gasteiger partial charge in [-0.25, -0.2) is 0 Å². The summed E-state index contributed by atoms with van der Waals surface area (Å²) in [5.74, 6) is 0.408. The molecule has 0 aromatic rings. The molecule has 1 aliphatic rings. The Bertz CT molecular complexity index is 153. The van der Waals surface area contributed by atoms with E-state index in [-0.39, 0.29) is 11.8 Å². The minimum absolute atomic E-state index is 0.119. The predicted molar refractivity (Wildman–Crippen MR) is 48.6 cm³/mol. The Kier molecular flexibility index (Phi) is 3.53. The van der Waals surface area contributed by atoms with Crippen LogP contribution in [0.4, 0.5) is 0 Å². The van der Waals surface area contributed by atoms with Crippen LogP contribution in [-0.4, -0.2) is 30.4 Å². The molecule has 1 heterocycles. The number of rotatable bonds is 3. The van der Waals surface area contributed by atoms with E-state index < -0.39 is 0 Å². The summed E-state index contributed by atoms with van der Waals surface area (Å²) >= 11 is 0. The van der Waals surface area contributed by atoms with Crippen LogP contribution in [0.25, 0.3) is 0 Å².